The van der Waals surface area contributed by atoms with E-state index < -0.39 is 328 Å². The lowest BCUT2D eigenvalue weighted by molar-refractivity contribution is -0.141. The first-order chi connectivity index (χ1) is 60.3. The number of fused-ring (bicyclic) bond motifs is 19. The molecule has 22 atom stereocenters. The topological polar surface area (TPSA) is 660 Å². The largest absolute Gasteiger partial charge is 0.481 e. The Morgan fingerprint density at radius 2 is 0.945 bits per heavy atom. The van der Waals surface area contributed by atoms with Crippen LogP contribution in [0, 0.1) is 29.6 Å². The molecule has 710 valence electrons. The van der Waals surface area contributed by atoms with Crippen LogP contribution in [0.1, 0.15) is 135 Å². The van der Waals surface area contributed by atoms with Crippen LogP contribution >= 0.6 is 47.0 Å². The van der Waals surface area contributed by atoms with Gasteiger partial charge in [0.2, 0.25) is 106 Å². The van der Waals surface area contributed by atoms with Gasteiger partial charge in [0.1, 0.15) is 96.7 Å². The highest BCUT2D eigenvalue weighted by molar-refractivity contribution is 8.00. The summed E-state index contributed by atoms with van der Waals surface area (Å²) in [6, 6.07) is -22.1. The predicted octanol–water partition coefficient (Wildman–Crippen LogP) is -5.41. The van der Waals surface area contributed by atoms with E-state index in [1.807, 2.05) is 0 Å². The van der Waals surface area contributed by atoms with E-state index in [2.05, 4.69) is 101 Å². The quantitative estimate of drug-likeness (QED) is 0.0657. The number of aliphatic hydroxyl groups is 1. The summed E-state index contributed by atoms with van der Waals surface area (Å²) in [6.45, 7) is 18.5. The van der Waals surface area contributed by atoms with E-state index in [0.29, 0.717) is 28.2 Å². The summed E-state index contributed by atoms with van der Waals surface area (Å²) in [6.07, 6.45) is -0.0745. The summed E-state index contributed by atoms with van der Waals surface area (Å²) < 4.78 is 0. The Labute approximate surface area is 757 Å². The number of carboxylic acid groups (broad SMARTS) is 2. The summed E-state index contributed by atoms with van der Waals surface area (Å²) in [7, 11) is 0. The molecule has 18 amide bonds. The fourth-order valence-corrected chi connectivity index (χ4v) is 18.1. The first-order valence-electron chi connectivity index (χ1n) is 42.5. The number of aliphatic carboxylic acids is 2. The third kappa shape index (κ3) is 31.4. The van der Waals surface area contributed by atoms with E-state index >= 15 is 43.2 Å². The maximum atomic E-state index is 15.9. The van der Waals surface area contributed by atoms with Gasteiger partial charge in [-0.25, -0.2) is 4.79 Å². The Kier molecular flexibility index (Phi) is 41.9. The number of thioether (sulfide) groups is 4. The fourth-order valence-electron chi connectivity index (χ4n) is 13.8. The maximum absolute atomic E-state index is 15.9. The van der Waals surface area contributed by atoms with Gasteiger partial charge in [0.25, 0.3) is 0 Å². The minimum Gasteiger partial charge on any atom is -0.481 e. The van der Waals surface area contributed by atoms with Crippen molar-refractivity contribution in [2.24, 2.45) is 35.3 Å². The number of amides is 18. The average Bonchev–Trinajstić information content (AvgIpc) is 1.62. The molecule has 6 rings (SSSR count). The van der Waals surface area contributed by atoms with Crippen molar-refractivity contribution in [2.75, 3.05) is 48.5 Å². The third-order valence-corrected chi connectivity index (χ3v) is 27.2. The molecule has 0 saturated carbocycles. The fraction of sp³-hybridized carbons (Fsp3) is 0.654. The number of aliphatic hydroxyl groups excluding tert-OH is 1. The molecular formula is C81H124N20O23S4. The Balaban J connectivity index is 1.61. The van der Waals surface area contributed by atoms with Crippen molar-refractivity contribution in [3.63, 3.8) is 0 Å². The predicted molar refractivity (Wildman–Crippen MR) is 475 cm³/mol. The van der Waals surface area contributed by atoms with Crippen molar-refractivity contribution in [1.82, 2.24) is 101 Å². The number of nitrogens with one attached hydrogen (secondary N) is 19. The number of carbonyl (C=O) groups excluding carboxylic acids is 18. The van der Waals surface area contributed by atoms with E-state index in [1.54, 1.807) is 92.8 Å². The maximum Gasteiger partial charge on any atom is 0.327 e. The Morgan fingerprint density at radius 3 is 1.53 bits per heavy atom. The van der Waals surface area contributed by atoms with Gasteiger partial charge >= 0.3 is 11.9 Å². The number of hydrogen-bond donors (Lipinski definition) is 23. The number of H-pyrrole nitrogens is 1. The van der Waals surface area contributed by atoms with Crippen LogP contribution in [0.4, 0.5) is 0 Å². The standard InChI is InChI=1S/C81H124N20O23S4/c1-15-37(9)60-76(118)88-47(21-22-57(105)106)69(111)91-52-31-126-41(13)63(101-73(115)51-30-125-29-45(82)66(108)90-50(28-102)67(109)84-26-55(103)87-49(71(113)96-58(35(5)6)74(116)92-51)24-43-25-83-46-20-18-17-19-44(43)46)78(120)89-48(23-34(3)4)70(112)100-64(80(122)99-60)42(14)127-32-53-72(114)86-39(11)65(107)94-54(81(123)124)33-128-40(12)62(95-56(104)27-85-68(52)110)79(121)97-59(36(7)8)75(117)98-61(38(10)16-2)77(119)93-53/h17-20,25,34-42,45,47-54,58-64,83,102H,15-16,21-24,26-33,82H2,1-14H3,(H,84,109)(H,85,110)(H,86,114)(H,87,103)(H,88,118)(H,89,120)(H,90,108)(H,91,111)(H,92,116)(H,93,119)(H,94,107)(H,95,104)(H,96,113)(H,97,121)(H,98,117)(H,99,122)(H,100,112)(H,101,115)(H,105,106)(H,123,124). The number of aromatic nitrogens is 1. The molecule has 0 aliphatic carbocycles. The van der Waals surface area contributed by atoms with Crippen molar-refractivity contribution < 1.29 is 111 Å². The number of nitrogens with two attached hydrogens (primary N) is 1. The molecule has 4 saturated heterocycles. The lowest BCUT2D eigenvalue weighted by atomic mass is 9.96. The van der Waals surface area contributed by atoms with E-state index in [0.717, 1.165) is 35.3 Å². The molecule has 22 unspecified atom stereocenters. The van der Waals surface area contributed by atoms with Gasteiger partial charge < -0.3 is 122 Å². The third-order valence-electron chi connectivity index (χ3n) is 22.0. The van der Waals surface area contributed by atoms with Crippen LogP contribution in [0.2, 0.25) is 0 Å². The number of aromatic amines is 1. The number of hydrogen-bond acceptors (Lipinski definition) is 26. The van der Waals surface area contributed by atoms with Crippen LogP contribution in [-0.2, 0) is 102 Å². The van der Waals surface area contributed by atoms with Gasteiger partial charge in [-0.3, -0.25) is 91.1 Å². The molecule has 0 spiro atoms. The van der Waals surface area contributed by atoms with Crippen molar-refractivity contribution >= 4 is 176 Å². The summed E-state index contributed by atoms with van der Waals surface area (Å²) in [4.78, 5) is 296. The van der Waals surface area contributed by atoms with Crippen molar-refractivity contribution in [3.8, 4) is 0 Å². The van der Waals surface area contributed by atoms with E-state index in [-0.39, 0.29) is 25.7 Å². The highest BCUT2D eigenvalue weighted by Crippen LogP contribution is 2.26. The van der Waals surface area contributed by atoms with E-state index in [9.17, 15) is 68.1 Å². The Bertz CT molecular complexity index is 4370. The lowest BCUT2D eigenvalue weighted by Crippen LogP contribution is -2.63. The van der Waals surface area contributed by atoms with Crippen LogP contribution in [-0.4, -0.2) is 305 Å². The zero-order valence-electron chi connectivity index (χ0n) is 73.9. The van der Waals surface area contributed by atoms with Crippen LogP contribution in [0.5, 0.6) is 0 Å². The molecular weight excluding hydrogens is 1750 g/mol. The molecule has 1 aromatic heterocycles. The second-order valence-corrected chi connectivity index (χ2v) is 38.6. The van der Waals surface area contributed by atoms with Gasteiger partial charge in [-0.1, -0.05) is 121 Å². The van der Waals surface area contributed by atoms with Gasteiger partial charge in [0.05, 0.1) is 25.7 Å². The summed E-state index contributed by atoms with van der Waals surface area (Å²) in [5.74, 6) is -29.0. The van der Waals surface area contributed by atoms with Gasteiger partial charge in [0, 0.05) is 74.5 Å². The number of carbonyl (C=O) groups is 20. The zero-order valence-corrected chi connectivity index (χ0v) is 77.2. The minimum atomic E-state index is -1.96. The molecule has 128 heavy (non-hydrogen) atoms. The highest BCUT2D eigenvalue weighted by Gasteiger charge is 2.44. The molecule has 0 radical (unpaired) electrons. The van der Waals surface area contributed by atoms with Crippen molar-refractivity contribution in [3.05, 3.63) is 36.0 Å². The summed E-state index contributed by atoms with van der Waals surface area (Å²) >= 11 is 2.94. The first-order valence-corrected chi connectivity index (χ1v) is 46.8. The van der Waals surface area contributed by atoms with Crippen LogP contribution < -0.4 is 101 Å². The van der Waals surface area contributed by atoms with Gasteiger partial charge in [-0.15, -0.1) is 0 Å². The molecule has 1 aromatic carbocycles. The number of benzene rings is 1. The number of para-hydroxylation sites is 1. The molecule has 2 aromatic rings. The van der Waals surface area contributed by atoms with Crippen molar-refractivity contribution in [2.45, 2.75) is 254 Å². The number of rotatable bonds is 17. The molecule has 47 heteroatoms. The normalized spacial score (nSPS) is 30.0. The number of carboxylic acids is 2. The second kappa shape index (κ2) is 50.4. The van der Waals surface area contributed by atoms with Gasteiger partial charge in [-0.2, -0.15) is 47.0 Å². The molecule has 4 fully saturated rings. The van der Waals surface area contributed by atoms with Crippen molar-refractivity contribution in [1.29, 1.82) is 0 Å². The SMILES string of the molecule is CCC(C)C1NC(=O)C(C(C)C)NC(=O)C2NC(=O)CNC(=O)C3CSC(C)C(NC(=O)C4CSCC(N)C(=O)NC(CO)C(=O)NCC(=O)NC(Cc5c[nH]c6ccccc56)C(=O)NC(C(C)C)C(=O)N4)C(=O)NC(CC(C)C)C(=O)NC(C(=O)NC(C(C)CC)C(=O)NC(CCC(=O)O)C(=O)N3)C(C)SCC(NC1=O)C(=O)NC(C)C(=O)NC(C(=O)O)CSC2C. The summed E-state index contributed by atoms with van der Waals surface area (Å²) in [5, 5.41) is 73.7. The molecule has 43 nitrogen and oxygen atoms in total. The molecule has 4 aliphatic rings. The Morgan fingerprint density at radius 1 is 0.461 bits per heavy atom. The van der Waals surface area contributed by atoms with E-state index in [4.69, 9.17) is 5.73 Å². The van der Waals surface area contributed by atoms with Crippen LogP contribution in [0.15, 0.2) is 30.5 Å². The minimum absolute atomic E-state index is 0.112. The monoisotopic (exact) mass is 1870 g/mol. The summed E-state index contributed by atoms with van der Waals surface area (Å²) in [5.41, 5.74) is 7.55. The first kappa shape index (κ1) is 106. The molecule has 24 N–H and O–H groups in total. The average molecular weight is 1870 g/mol. The smallest absolute Gasteiger partial charge is 0.327 e. The van der Waals surface area contributed by atoms with Gasteiger partial charge in [0.15, 0.2) is 0 Å². The lowest BCUT2D eigenvalue weighted by Gasteiger charge is -2.32. The van der Waals surface area contributed by atoms with E-state index in [1.165, 1.54) is 34.6 Å². The van der Waals surface area contributed by atoms with Crippen LogP contribution in [0.25, 0.3) is 10.9 Å². The zero-order chi connectivity index (χ0) is 95.4. The molecule has 5 heterocycles. The van der Waals surface area contributed by atoms with Gasteiger partial charge in [-0.05, 0) is 61.0 Å². The molecule has 4 aliphatic heterocycles. The highest BCUT2D eigenvalue weighted by atomic mass is 32.2. The Hall–Kier alpha value is -10.5. The van der Waals surface area contributed by atoms with Crippen LogP contribution in [0.3, 0.4) is 0 Å². The molecule has 4 bridgehead atoms. The second-order valence-electron chi connectivity index (χ2n) is 33.3.